The maximum Gasteiger partial charge on any atom is 0.330 e. The van der Waals surface area contributed by atoms with Crippen LogP contribution in [0.5, 0.6) is 0 Å². The fraction of sp³-hybridized carbons (Fsp3) is 0.692. The summed E-state index contributed by atoms with van der Waals surface area (Å²) in [6.45, 7) is 1.98. The molecule has 0 spiro atoms. The van der Waals surface area contributed by atoms with Gasteiger partial charge in [0.15, 0.2) is 6.23 Å². The second kappa shape index (κ2) is 8.15. The van der Waals surface area contributed by atoms with Crippen molar-refractivity contribution in [2.75, 3.05) is 18.6 Å². The Morgan fingerprint density at radius 1 is 1.38 bits per heavy atom. The van der Waals surface area contributed by atoms with E-state index in [1.807, 2.05) is 6.92 Å². The van der Waals surface area contributed by atoms with Crippen LogP contribution in [-0.2, 0) is 4.74 Å². The lowest BCUT2D eigenvalue weighted by Crippen LogP contribution is -2.38. The maximum absolute atomic E-state index is 11.9. The van der Waals surface area contributed by atoms with Crippen molar-refractivity contribution >= 4 is 5.69 Å². The van der Waals surface area contributed by atoms with Crippen LogP contribution in [0, 0.1) is 0 Å². The molecule has 1 saturated heterocycles. The first-order chi connectivity index (χ1) is 11.5. The normalized spacial score (nSPS) is 27.0. The van der Waals surface area contributed by atoms with Gasteiger partial charge in [-0.1, -0.05) is 18.6 Å². The molecule has 2 heterocycles. The van der Waals surface area contributed by atoms with Crippen LogP contribution in [0.1, 0.15) is 26.0 Å². The molecule has 0 amide bonds. The average Bonchev–Trinajstić information content (AvgIpc) is 2.84. The molecule has 134 valence electrons. The van der Waals surface area contributed by atoms with Gasteiger partial charge in [0.2, 0.25) is 0 Å². The molecular weight excluding hydrogens is 322 g/mol. The smallest absolute Gasteiger partial charge is 0.330 e. The van der Waals surface area contributed by atoms with Crippen LogP contribution >= 0.6 is 0 Å². The van der Waals surface area contributed by atoms with Gasteiger partial charge in [-0.2, -0.15) is 5.11 Å². The molecule has 0 radical (unpaired) electrons. The zero-order valence-corrected chi connectivity index (χ0v) is 13.1. The molecule has 1 fully saturated rings. The van der Waals surface area contributed by atoms with Crippen LogP contribution < -0.4 is 16.7 Å². The zero-order chi connectivity index (χ0) is 17.7. The molecule has 1 aromatic rings. The minimum atomic E-state index is -1.44. The van der Waals surface area contributed by atoms with Crippen molar-refractivity contribution in [1.82, 2.24) is 9.55 Å². The van der Waals surface area contributed by atoms with Gasteiger partial charge in [-0.3, -0.25) is 19.8 Å². The largest absolute Gasteiger partial charge is 0.394 e. The number of anilines is 1. The summed E-state index contributed by atoms with van der Waals surface area (Å²) in [6.07, 6.45) is -2.17. The van der Waals surface area contributed by atoms with Crippen molar-refractivity contribution in [1.29, 1.82) is 0 Å². The summed E-state index contributed by atoms with van der Waals surface area (Å²) >= 11 is 0. The molecule has 1 aliphatic heterocycles. The maximum atomic E-state index is 11.9. The van der Waals surface area contributed by atoms with E-state index in [0.29, 0.717) is 6.54 Å². The van der Waals surface area contributed by atoms with Crippen LogP contribution in [0.3, 0.4) is 0 Å². The second-order valence-electron chi connectivity index (χ2n) is 5.37. The summed E-state index contributed by atoms with van der Waals surface area (Å²) in [6, 6.07) is 0. The first-order valence-electron chi connectivity index (χ1n) is 7.60. The monoisotopic (exact) mass is 343 g/mol. The second-order valence-corrected chi connectivity index (χ2v) is 5.37. The number of nitrogens with one attached hydrogen (secondary N) is 2. The van der Waals surface area contributed by atoms with Gasteiger partial charge >= 0.3 is 5.69 Å². The first kappa shape index (κ1) is 18.3. The third-order valence-corrected chi connectivity index (χ3v) is 3.61. The van der Waals surface area contributed by atoms with E-state index in [9.17, 15) is 19.8 Å². The van der Waals surface area contributed by atoms with Gasteiger partial charge in [0.1, 0.15) is 24.0 Å². The number of aromatic amines is 1. The van der Waals surface area contributed by atoms with E-state index < -0.39 is 42.4 Å². The summed E-state index contributed by atoms with van der Waals surface area (Å²) in [5, 5.41) is 36.3. The lowest BCUT2D eigenvalue weighted by molar-refractivity contribution is -0.0549. The molecule has 4 atom stereocenters. The highest BCUT2D eigenvalue weighted by Gasteiger charge is 2.43. The SMILES string of the molecule is CCCCN=NNc1cn([C@H]2O[C@@H](CO)[C@H](O)[C@@H]2O)c(=O)[nH]c1=O. The van der Waals surface area contributed by atoms with Crippen molar-refractivity contribution in [3.63, 3.8) is 0 Å². The third kappa shape index (κ3) is 3.87. The molecule has 2 rings (SSSR count). The van der Waals surface area contributed by atoms with E-state index in [1.54, 1.807) is 0 Å². The topological polar surface area (TPSA) is 162 Å². The van der Waals surface area contributed by atoms with Crippen LogP contribution in [0.4, 0.5) is 5.69 Å². The lowest BCUT2D eigenvalue weighted by Gasteiger charge is -2.17. The Balaban J connectivity index is 2.22. The van der Waals surface area contributed by atoms with Crippen LogP contribution in [0.15, 0.2) is 26.1 Å². The summed E-state index contributed by atoms with van der Waals surface area (Å²) in [4.78, 5) is 25.8. The fourth-order valence-corrected chi connectivity index (χ4v) is 2.23. The molecule has 11 heteroatoms. The Labute approximate surface area is 136 Å². The standard InChI is InChI=1S/C13H21N5O6/c1-2-3-4-14-17-16-7-5-18(13(23)15-11(7)22)12-10(21)9(20)8(6-19)24-12/h5,8-10,12,19-21H,2-4,6H2,1H3,(H,14,16)(H,15,22,23)/t8-,9-,10-,12-/m0/s1. The number of aromatic nitrogens is 2. The van der Waals surface area contributed by atoms with Crippen molar-refractivity contribution in [2.24, 2.45) is 10.3 Å². The zero-order valence-electron chi connectivity index (χ0n) is 13.1. The van der Waals surface area contributed by atoms with Crippen molar-refractivity contribution in [2.45, 2.75) is 44.3 Å². The van der Waals surface area contributed by atoms with E-state index in [-0.39, 0.29) is 5.69 Å². The Morgan fingerprint density at radius 3 is 2.75 bits per heavy atom. The summed E-state index contributed by atoms with van der Waals surface area (Å²) in [7, 11) is 0. The quantitative estimate of drug-likeness (QED) is 0.234. The number of hydrogen-bond donors (Lipinski definition) is 5. The predicted octanol–water partition coefficient (Wildman–Crippen LogP) is -1.27. The number of hydrogen-bond acceptors (Lipinski definition) is 8. The van der Waals surface area contributed by atoms with Gasteiger partial charge in [-0.15, -0.1) is 0 Å². The predicted molar refractivity (Wildman–Crippen MR) is 82.6 cm³/mol. The fourth-order valence-electron chi connectivity index (χ4n) is 2.23. The molecule has 0 unspecified atom stereocenters. The molecule has 1 aliphatic rings. The number of H-pyrrole nitrogens is 1. The lowest BCUT2D eigenvalue weighted by atomic mass is 10.1. The third-order valence-electron chi connectivity index (χ3n) is 3.61. The summed E-state index contributed by atoms with van der Waals surface area (Å²) in [5.74, 6) is 0. The summed E-state index contributed by atoms with van der Waals surface area (Å²) < 4.78 is 6.18. The van der Waals surface area contributed by atoms with Gasteiger partial charge in [0, 0.05) is 6.20 Å². The van der Waals surface area contributed by atoms with Gasteiger partial charge < -0.3 is 20.1 Å². The van der Waals surface area contributed by atoms with E-state index in [1.165, 1.54) is 0 Å². The molecule has 11 nitrogen and oxygen atoms in total. The van der Waals surface area contributed by atoms with E-state index in [4.69, 9.17) is 9.84 Å². The van der Waals surface area contributed by atoms with Crippen molar-refractivity contribution in [3.8, 4) is 0 Å². The van der Waals surface area contributed by atoms with Crippen molar-refractivity contribution < 1.29 is 20.1 Å². The van der Waals surface area contributed by atoms with Gasteiger partial charge in [0.25, 0.3) is 5.56 Å². The Bertz CT molecular complexity index is 686. The van der Waals surface area contributed by atoms with E-state index >= 15 is 0 Å². The number of aliphatic hydroxyl groups is 3. The number of ether oxygens (including phenoxy) is 1. The Kier molecular flexibility index (Phi) is 6.20. The highest BCUT2D eigenvalue weighted by Crippen LogP contribution is 2.28. The molecule has 0 aliphatic carbocycles. The minimum Gasteiger partial charge on any atom is -0.394 e. The van der Waals surface area contributed by atoms with E-state index in [0.717, 1.165) is 23.6 Å². The molecule has 24 heavy (non-hydrogen) atoms. The van der Waals surface area contributed by atoms with Crippen LogP contribution in [0.25, 0.3) is 0 Å². The molecule has 0 bridgehead atoms. The minimum absolute atomic E-state index is 0.0763. The summed E-state index contributed by atoms with van der Waals surface area (Å²) in [5.41, 5.74) is 0.803. The van der Waals surface area contributed by atoms with E-state index in [2.05, 4.69) is 20.7 Å². The molecule has 0 saturated carbocycles. The highest BCUT2D eigenvalue weighted by molar-refractivity contribution is 5.36. The number of aliphatic hydroxyl groups excluding tert-OH is 3. The number of rotatable bonds is 7. The van der Waals surface area contributed by atoms with Crippen LogP contribution in [-0.4, -0.2) is 56.3 Å². The molecule has 1 aromatic heterocycles. The van der Waals surface area contributed by atoms with Gasteiger partial charge in [0.05, 0.1) is 13.2 Å². The van der Waals surface area contributed by atoms with Crippen molar-refractivity contribution in [3.05, 3.63) is 27.0 Å². The number of nitrogens with zero attached hydrogens (tertiary/aromatic N) is 3. The highest BCUT2D eigenvalue weighted by atomic mass is 16.6. The molecule has 5 N–H and O–H groups in total. The van der Waals surface area contributed by atoms with Gasteiger partial charge in [-0.25, -0.2) is 4.79 Å². The Hall–Kier alpha value is -2.08. The first-order valence-corrected chi connectivity index (χ1v) is 7.60. The van der Waals surface area contributed by atoms with Crippen LogP contribution in [0.2, 0.25) is 0 Å². The number of unbranched alkanes of at least 4 members (excludes halogenated alkanes) is 1. The Morgan fingerprint density at radius 2 is 2.12 bits per heavy atom. The molecule has 0 aromatic carbocycles. The van der Waals surface area contributed by atoms with Gasteiger partial charge in [-0.05, 0) is 6.42 Å². The molecular formula is C13H21N5O6. The average molecular weight is 343 g/mol.